The van der Waals surface area contributed by atoms with Crippen LogP contribution in [0.4, 0.5) is 0 Å². The Bertz CT molecular complexity index is 714. The smallest absolute Gasteiger partial charge is 0.250 e. The Labute approximate surface area is 140 Å². The second-order valence-corrected chi connectivity index (χ2v) is 6.09. The van der Waals surface area contributed by atoms with E-state index in [1.54, 1.807) is 13.3 Å². The molecule has 0 aliphatic heterocycles. The van der Waals surface area contributed by atoms with Crippen LogP contribution in [0.1, 0.15) is 16.7 Å². The number of thioether (sulfide) groups is 1. The molecule has 2 rings (SSSR count). The van der Waals surface area contributed by atoms with Crippen molar-refractivity contribution in [2.24, 2.45) is 5.10 Å². The van der Waals surface area contributed by atoms with Crippen molar-refractivity contribution in [3.05, 3.63) is 59.2 Å². The molecule has 0 bridgehead atoms. The van der Waals surface area contributed by atoms with Crippen molar-refractivity contribution in [1.29, 1.82) is 0 Å². The fourth-order valence-electron chi connectivity index (χ4n) is 1.99. The summed E-state index contributed by atoms with van der Waals surface area (Å²) >= 11 is 1.50. The van der Waals surface area contributed by atoms with Gasteiger partial charge in [0.2, 0.25) is 5.91 Å². The number of methoxy groups -OCH3 is 1. The Morgan fingerprint density at radius 1 is 1.22 bits per heavy atom. The molecule has 1 N–H and O–H groups in total. The maximum Gasteiger partial charge on any atom is 0.250 e. The lowest BCUT2D eigenvalue weighted by Gasteiger charge is -2.05. The van der Waals surface area contributed by atoms with E-state index in [1.807, 2.05) is 56.3 Å². The number of hydrogen-bond donors (Lipinski definition) is 1. The van der Waals surface area contributed by atoms with Crippen LogP contribution in [0, 0.1) is 13.8 Å². The molecule has 0 aliphatic carbocycles. The van der Waals surface area contributed by atoms with Crippen LogP contribution >= 0.6 is 11.8 Å². The average Bonchev–Trinajstić information content (AvgIpc) is 2.55. The van der Waals surface area contributed by atoms with Crippen LogP contribution in [0.5, 0.6) is 5.75 Å². The zero-order valence-corrected chi connectivity index (χ0v) is 14.3. The second-order valence-electron chi connectivity index (χ2n) is 5.08. The van der Waals surface area contributed by atoms with Gasteiger partial charge in [-0.1, -0.05) is 30.3 Å². The van der Waals surface area contributed by atoms with Crippen LogP contribution in [-0.4, -0.2) is 25.0 Å². The van der Waals surface area contributed by atoms with Crippen molar-refractivity contribution in [3.8, 4) is 5.75 Å². The van der Waals surface area contributed by atoms with E-state index in [4.69, 9.17) is 4.74 Å². The van der Waals surface area contributed by atoms with Crippen molar-refractivity contribution < 1.29 is 9.53 Å². The third-order valence-electron chi connectivity index (χ3n) is 3.29. The van der Waals surface area contributed by atoms with E-state index in [2.05, 4.69) is 10.5 Å². The van der Waals surface area contributed by atoms with E-state index in [9.17, 15) is 4.79 Å². The van der Waals surface area contributed by atoms with Crippen LogP contribution in [-0.2, 0) is 4.79 Å². The molecule has 0 radical (unpaired) electrons. The van der Waals surface area contributed by atoms with E-state index >= 15 is 0 Å². The number of benzene rings is 2. The Morgan fingerprint density at radius 2 is 2.00 bits per heavy atom. The molecule has 23 heavy (non-hydrogen) atoms. The maximum absolute atomic E-state index is 11.8. The fourth-order valence-corrected chi connectivity index (χ4v) is 2.81. The van der Waals surface area contributed by atoms with Crippen LogP contribution in [0.15, 0.2) is 52.5 Å². The van der Waals surface area contributed by atoms with Crippen LogP contribution < -0.4 is 10.2 Å². The summed E-state index contributed by atoms with van der Waals surface area (Å²) in [7, 11) is 1.63. The molecule has 0 aliphatic rings. The largest absolute Gasteiger partial charge is 0.496 e. The molecule has 4 nitrogen and oxygen atoms in total. The number of ether oxygens (including phenoxy) is 1. The molecule has 2 aromatic carbocycles. The van der Waals surface area contributed by atoms with Gasteiger partial charge in [0.25, 0.3) is 0 Å². The van der Waals surface area contributed by atoms with E-state index in [1.165, 1.54) is 17.3 Å². The zero-order chi connectivity index (χ0) is 16.7. The van der Waals surface area contributed by atoms with Gasteiger partial charge in [-0.05, 0) is 42.7 Å². The lowest BCUT2D eigenvalue weighted by molar-refractivity contribution is -0.118. The Balaban J connectivity index is 1.85. The summed E-state index contributed by atoms with van der Waals surface area (Å²) in [6.07, 6.45) is 1.61. The summed E-state index contributed by atoms with van der Waals surface area (Å²) < 4.78 is 5.26. The molecule has 2 aromatic rings. The number of carbonyl (C=O) groups excluding carboxylic acids is 1. The number of aryl methyl sites for hydroxylation is 2. The summed E-state index contributed by atoms with van der Waals surface area (Å²) in [5.74, 6) is 1.00. The molecule has 0 unspecified atom stereocenters. The maximum atomic E-state index is 11.8. The van der Waals surface area contributed by atoms with Crippen LogP contribution in [0.2, 0.25) is 0 Å². The average molecular weight is 328 g/mol. The highest BCUT2D eigenvalue weighted by atomic mass is 32.2. The highest BCUT2D eigenvalue weighted by Crippen LogP contribution is 2.21. The molecule has 0 aromatic heterocycles. The Morgan fingerprint density at radius 3 is 2.74 bits per heavy atom. The third-order valence-corrected chi connectivity index (χ3v) is 4.46. The topological polar surface area (TPSA) is 50.7 Å². The number of carbonyl (C=O) groups is 1. The van der Waals surface area contributed by atoms with Gasteiger partial charge >= 0.3 is 0 Å². The fraction of sp³-hybridized carbons (Fsp3) is 0.222. The molecule has 0 atom stereocenters. The summed E-state index contributed by atoms with van der Waals surface area (Å²) in [5.41, 5.74) is 5.64. The molecule has 0 saturated carbocycles. The third kappa shape index (κ3) is 5.14. The highest BCUT2D eigenvalue weighted by Gasteiger charge is 2.03. The molecule has 5 heteroatoms. The number of hydrazone groups is 1. The van der Waals surface area contributed by atoms with E-state index in [0.717, 1.165) is 21.8 Å². The zero-order valence-electron chi connectivity index (χ0n) is 13.5. The first-order valence-electron chi connectivity index (χ1n) is 7.25. The first-order valence-corrected chi connectivity index (χ1v) is 8.23. The number of hydrogen-bond acceptors (Lipinski definition) is 4. The van der Waals surface area contributed by atoms with Gasteiger partial charge in [0.1, 0.15) is 5.75 Å². The summed E-state index contributed by atoms with van der Waals surface area (Å²) in [4.78, 5) is 12.9. The van der Waals surface area contributed by atoms with Crippen molar-refractivity contribution in [2.75, 3.05) is 12.9 Å². The van der Waals surface area contributed by atoms with Crippen molar-refractivity contribution in [2.45, 2.75) is 18.7 Å². The standard InChI is InChI=1S/C18H20N2O2S/c1-13-8-9-15(10-16(13)22-3)11-19-20-18(21)12-23-17-7-5-4-6-14(17)2/h4-11H,12H2,1-3H3,(H,20,21)/b19-11-. The predicted molar refractivity (Wildman–Crippen MR) is 95.4 cm³/mol. The molecule has 0 saturated heterocycles. The lowest BCUT2D eigenvalue weighted by Crippen LogP contribution is -2.19. The second kappa shape index (κ2) is 8.39. The Kier molecular flexibility index (Phi) is 6.23. The van der Waals surface area contributed by atoms with Gasteiger partial charge in [-0.2, -0.15) is 5.10 Å². The Hall–Kier alpha value is -2.27. The van der Waals surface area contributed by atoms with Gasteiger partial charge in [-0.15, -0.1) is 11.8 Å². The quantitative estimate of drug-likeness (QED) is 0.501. The molecular formula is C18H20N2O2S. The first-order chi connectivity index (χ1) is 11.1. The molecular weight excluding hydrogens is 308 g/mol. The number of nitrogens with zero attached hydrogens (tertiary/aromatic N) is 1. The van der Waals surface area contributed by atoms with E-state index in [0.29, 0.717) is 5.75 Å². The monoisotopic (exact) mass is 328 g/mol. The van der Waals surface area contributed by atoms with Crippen molar-refractivity contribution in [3.63, 3.8) is 0 Å². The van der Waals surface area contributed by atoms with Gasteiger partial charge in [0, 0.05) is 4.90 Å². The number of nitrogens with one attached hydrogen (secondary N) is 1. The normalized spacial score (nSPS) is 10.7. The van der Waals surface area contributed by atoms with Gasteiger partial charge in [-0.25, -0.2) is 5.43 Å². The summed E-state index contributed by atoms with van der Waals surface area (Å²) in [6, 6.07) is 13.8. The van der Waals surface area contributed by atoms with Gasteiger partial charge < -0.3 is 4.74 Å². The van der Waals surface area contributed by atoms with Gasteiger partial charge in [0.05, 0.1) is 19.1 Å². The summed E-state index contributed by atoms with van der Waals surface area (Å²) in [5, 5.41) is 3.99. The van der Waals surface area contributed by atoms with Crippen molar-refractivity contribution >= 4 is 23.9 Å². The summed E-state index contributed by atoms with van der Waals surface area (Å²) in [6.45, 7) is 4.01. The highest BCUT2D eigenvalue weighted by molar-refractivity contribution is 8.00. The van der Waals surface area contributed by atoms with Gasteiger partial charge in [-0.3, -0.25) is 4.79 Å². The minimum absolute atomic E-state index is 0.131. The minimum Gasteiger partial charge on any atom is -0.496 e. The SMILES string of the molecule is COc1cc(/C=N\NC(=O)CSc2ccccc2C)ccc1C. The van der Waals surface area contributed by atoms with E-state index < -0.39 is 0 Å². The van der Waals surface area contributed by atoms with Crippen molar-refractivity contribution in [1.82, 2.24) is 5.43 Å². The van der Waals surface area contributed by atoms with E-state index in [-0.39, 0.29) is 5.91 Å². The minimum atomic E-state index is -0.131. The lowest BCUT2D eigenvalue weighted by atomic mass is 10.1. The predicted octanol–water partition coefficient (Wildman–Crippen LogP) is 3.55. The molecule has 0 heterocycles. The molecule has 1 amide bonds. The number of amides is 1. The number of rotatable bonds is 6. The van der Waals surface area contributed by atoms with Gasteiger partial charge in [0.15, 0.2) is 0 Å². The molecule has 0 spiro atoms. The molecule has 0 fully saturated rings. The van der Waals surface area contributed by atoms with Crippen LogP contribution in [0.3, 0.4) is 0 Å². The van der Waals surface area contributed by atoms with Crippen LogP contribution in [0.25, 0.3) is 0 Å². The first kappa shape index (κ1) is 17.1. The molecule has 120 valence electrons.